The monoisotopic (exact) mass is 224 g/mol. The molecule has 2 aliphatic heterocycles. The van der Waals surface area contributed by atoms with Crippen LogP contribution < -0.4 is 0 Å². The van der Waals surface area contributed by atoms with E-state index < -0.39 is 0 Å². The summed E-state index contributed by atoms with van der Waals surface area (Å²) in [6.45, 7) is 2.04. The molecule has 92 valence electrons. The molecule has 2 atom stereocenters. The predicted molar refractivity (Wildman–Crippen MR) is 63.5 cm³/mol. The second kappa shape index (κ2) is 4.66. The van der Waals surface area contributed by atoms with Gasteiger partial charge in [-0.1, -0.05) is 32.1 Å². The first kappa shape index (κ1) is 11.0. The average molecular weight is 224 g/mol. The fourth-order valence-corrected chi connectivity index (χ4v) is 3.48. The summed E-state index contributed by atoms with van der Waals surface area (Å²) in [5.74, 6) is 0. The molecule has 1 aliphatic carbocycles. The Kier molecular flexibility index (Phi) is 3.21. The van der Waals surface area contributed by atoms with Crippen LogP contribution in [0.25, 0.3) is 0 Å². The third kappa shape index (κ3) is 2.98. The first-order chi connectivity index (χ1) is 7.86. The molecule has 0 N–H and O–H groups in total. The van der Waals surface area contributed by atoms with Crippen LogP contribution in [0.3, 0.4) is 0 Å². The Hall–Kier alpha value is -0.0800. The van der Waals surface area contributed by atoms with E-state index in [0.29, 0.717) is 17.6 Å². The fraction of sp³-hybridized carbons (Fsp3) is 1.00. The van der Waals surface area contributed by atoms with Gasteiger partial charge in [0.25, 0.3) is 0 Å². The van der Waals surface area contributed by atoms with Crippen molar-refractivity contribution >= 4 is 0 Å². The lowest BCUT2D eigenvalue weighted by Crippen LogP contribution is -2.26. The Balaban J connectivity index is 1.63. The van der Waals surface area contributed by atoms with E-state index in [1.54, 1.807) is 0 Å². The summed E-state index contributed by atoms with van der Waals surface area (Å²) >= 11 is 0. The minimum atomic E-state index is 0.572. The predicted octanol–water partition coefficient (Wildman–Crippen LogP) is 3.29. The topological polar surface area (TPSA) is 25.1 Å². The molecular formula is C14H24O2. The maximum atomic E-state index is 5.47. The SMILES string of the molecule is C1CCCC(CC2CO2)(CC2CO2)CCC1. The van der Waals surface area contributed by atoms with E-state index in [4.69, 9.17) is 9.47 Å². The molecule has 2 heteroatoms. The summed E-state index contributed by atoms with van der Waals surface area (Å²) in [4.78, 5) is 0. The van der Waals surface area contributed by atoms with Gasteiger partial charge in [0.15, 0.2) is 0 Å². The number of hydrogen-bond donors (Lipinski definition) is 0. The summed E-state index contributed by atoms with van der Waals surface area (Å²) < 4.78 is 10.9. The minimum Gasteiger partial charge on any atom is -0.373 e. The Bertz CT molecular complexity index is 207. The first-order valence-corrected chi connectivity index (χ1v) is 7.10. The second-order valence-electron chi connectivity index (χ2n) is 6.09. The highest BCUT2D eigenvalue weighted by Gasteiger charge is 2.41. The van der Waals surface area contributed by atoms with Crippen molar-refractivity contribution in [3.8, 4) is 0 Å². The van der Waals surface area contributed by atoms with Crippen LogP contribution in [-0.2, 0) is 9.47 Å². The molecule has 3 fully saturated rings. The molecule has 0 aromatic rings. The van der Waals surface area contributed by atoms with Gasteiger partial charge in [-0.05, 0) is 31.1 Å². The summed E-state index contributed by atoms with van der Waals surface area (Å²) in [6, 6.07) is 0. The molecule has 3 rings (SSSR count). The van der Waals surface area contributed by atoms with Gasteiger partial charge in [-0.3, -0.25) is 0 Å². The second-order valence-corrected chi connectivity index (χ2v) is 6.09. The van der Waals surface area contributed by atoms with Gasteiger partial charge in [-0.25, -0.2) is 0 Å². The van der Waals surface area contributed by atoms with Crippen molar-refractivity contribution in [1.29, 1.82) is 0 Å². The first-order valence-electron chi connectivity index (χ1n) is 7.10. The van der Waals surface area contributed by atoms with Gasteiger partial charge >= 0.3 is 0 Å². The number of epoxide rings is 2. The van der Waals surface area contributed by atoms with Gasteiger partial charge in [0.2, 0.25) is 0 Å². The van der Waals surface area contributed by atoms with E-state index in [1.807, 2.05) is 0 Å². The van der Waals surface area contributed by atoms with Gasteiger partial charge in [-0.2, -0.15) is 0 Å². The minimum absolute atomic E-state index is 0.572. The average Bonchev–Trinajstić information content (AvgIpc) is 3.08. The Morgan fingerprint density at radius 2 is 1.19 bits per heavy atom. The van der Waals surface area contributed by atoms with Crippen LogP contribution in [0.4, 0.5) is 0 Å². The molecule has 0 radical (unpaired) electrons. The van der Waals surface area contributed by atoms with Crippen molar-refractivity contribution in [2.24, 2.45) is 5.41 Å². The highest BCUT2D eigenvalue weighted by Crippen LogP contribution is 2.46. The summed E-state index contributed by atoms with van der Waals surface area (Å²) in [5.41, 5.74) is 0.572. The van der Waals surface area contributed by atoms with Crippen molar-refractivity contribution in [2.75, 3.05) is 13.2 Å². The Labute approximate surface area is 98.7 Å². The summed E-state index contributed by atoms with van der Waals surface area (Å²) in [6.07, 6.45) is 13.9. The zero-order chi connectivity index (χ0) is 10.8. The van der Waals surface area contributed by atoms with E-state index in [-0.39, 0.29) is 0 Å². The smallest absolute Gasteiger partial charge is 0.0815 e. The molecule has 0 spiro atoms. The van der Waals surface area contributed by atoms with Crippen molar-refractivity contribution in [2.45, 2.75) is 70.0 Å². The lowest BCUT2D eigenvalue weighted by atomic mass is 9.70. The molecule has 0 amide bonds. The molecule has 3 aliphatic rings. The van der Waals surface area contributed by atoms with Gasteiger partial charge in [0, 0.05) is 0 Å². The standard InChI is InChI=1S/C14H24O2/c1-2-4-6-14(7-5-3-1,8-12-10-15-12)9-13-11-16-13/h12-13H,1-11H2. The highest BCUT2D eigenvalue weighted by molar-refractivity contribution is 4.91. The maximum Gasteiger partial charge on any atom is 0.0815 e. The molecule has 0 aromatic carbocycles. The van der Waals surface area contributed by atoms with Crippen molar-refractivity contribution in [3.05, 3.63) is 0 Å². The van der Waals surface area contributed by atoms with Crippen molar-refractivity contribution in [1.82, 2.24) is 0 Å². The lowest BCUT2D eigenvalue weighted by molar-refractivity contribution is 0.141. The van der Waals surface area contributed by atoms with E-state index >= 15 is 0 Å². The fourth-order valence-electron chi connectivity index (χ4n) is 3.48. The third-order valence-corrected chi connectivity index (χ3v) is 4.54. The number of rotatable bonds is 4. The third-order valence-electron chi connectivity index (χ3n) is 4.54. The number of ether oxygens (including phenoxy) is 2. The van der Waals surface area contributed by atoms with Crippen molar-refractivity contribution < 1.29 is 9.47 Å². The molecule has 2 heterocycles. The van der Waals surface area contributed by atoms with Crippen molar-refractivity contribution in [3.63, 3.8) is 0 Å². The van der Waals surface area contributed by atoms with Crippen LogP contribution in [-0.4, -0.2) is 25.4 Å². The molecule has 0 aromatic heterocycles. The van der Waals surface area contributed by atoms with Crippen LogP contribution in [0.5, 0.6) is 0 Å². The summed E-state index contributed by atoms with van der Waals surface area (Å²) in [5, 5.41) is 0. The van der Waals surface area contributed by atoms with E-state index in [2.05, 4.69) is 0 Å². The quantitative estimate of drug-likeness (QED) is 0.685. The number of hydrogen-bond acceptors (Lipinski definition) is 2. The zero-order valence-corrected chi connectivity index (χ0v) is 10.2. The molecule has 2 saturated heterocycles. The maximum absolute atomic E-state index is 5.47. The normalized spacial score (nSPS) is 37.5. The molecule has 2 unspecified atom stereocenters. The van der Waals surface area contributed by atoms with E-state index in [9.17, 15) is 0 Å². The largest absolute Gasteiger partial charge is 0.373 e. The highest BCUT2D eigenvalue weighted by atomic mass is 16.6. The molecular weight excluding hydrogens is 200 g/mol. The molecule has 16 heavy (non-hydrogen) atoms. The van der Waals surface area contributed by atoms with Gasteiger partial charge in [0.05, 0.1) is 25.4 Å². The zero-order valence-electron chi connectivity index (χ0n) is 10.2. The van der Waals surface area contributed by atoms with Gasteiger partial charge in [-0.15, -0.1) is 0 Å². The van der Waals surface area contributed by atoms with Gasteiger partial charge in [0.1, 0.15) is 0 Å². The van der Waals surface area contributed by atoms with Crippen LogP contribution >= 0.6 is 0 Å². The summed E-state index contributed by atoms with van der Waals surface area (Å²) in [7, 11) is 0. The molecule has 0 bridgehead atoms. The van der Waals surface area contributed by atoms with Crippen LogP contribution in [0.15, 0.2) is 0 Å². The van der Waals surface area contributed by atoms with E-state index in [1.165, 1.54) is 57.8 Å². The Morgan fingerprint density at radius 1 is 0.750 bits per heavy atom. The lowest BCUT2D eigenvalue weighted by Gasteiger charge is -2.35. The van der Waals surface area contributed by atoms with Crippen LogP contribution in [0.1, 0.15) is 57.8 Å². The molecule has 1 saturated carbocycles. The van der Waals surface area contributed by atoms with Crippen LogP contribution in [0, 0.1) is 5.41 Å². The Morgan fingerprint density at radius 3 is 1.62 bits per heavy atom. The van der Waals surface area contributed by atoms with Crippen LogP contribution in [0.2, 0.25) is 0 Å². The molecule has 2 nitrogen and oxygen atoms in total. The van der Waals surface area contributed by atoms with E-state index in [0.717, 1.165) is 13.2 Å². The van der Waals surface area contributed by atoms with Gasteiger partial charge < -0.3 is 9.47 Å².